The molecule has 0 radical (unpaired) electrons. The van der Waals surface area contributed by atoms with Crippen molar-refractivity contribution in [2.45, 2.75) is 38.5 Å². The molecule has 1 aromatic rings. The van der Waals surface area contributed by atoms with Crippen LogP contribution in [0.5, 0.6) is 0 Å². The van der Waals surface area contributed by atoms with Crippen LogP contribution in [0.2, 0.25) is 0 Å². The topological polar surface area (TPSA) is 58.2 Å². The predicted octanol–water partition coefficient (Wildman–Crippen LogP) is 2.96. The van der Waals surface area contributed by atoms with Crippen LogP contribution in [0.1, 0.15) is 48.9 Å². The second kappa shape index (κ2) is 8.23. The Hall–Kier alpha value is -2.28. The average Bonchev–Trinajstić information content (AvgIpc) is 2.54. The smallest absolute Gasteiger partial charge is 0.254 e. The summed E-state index contributed by atoms with van der Waals surface area (Å²) in [4.78, 5) is 24.2. The van der Waals surface area contributed by atoms with Crippen LogP contribution in [0, 0.1) is 18.3 Å². The fraction of sp³-hybridized carbons (Fsp3) is 0.444. The maximum absolute atomic E-state index is 12.2. The van der Waals surface area contributed by atoms with Gasteiger partial charge in [-0.2, -0.15) is 0 Å². The summed E-state index contributed by atoms with van der Waals surface area (Å²) in [7, 11) is 0. The maximum atomic E-state index is 12.2. The lowest BCUT2D eigenvalue weighted by Gasteiger charge is -2.21. The number of carbonyl (C=O) groups is 2. The van der Waals surface area contributed by atoms with E-state index in [1.165, 1.54) is 19.3 Å². The van der Waals surface area contributed by atoms with Crippen LogP contribution in [-0.2, 0) is 4.79 Å². The highest BCUT2D eigenvalue weighted by molar-refractivity contribution is 6.03. The van der Waals surface area contributed by atoms with Gasteiger partial charge in [-0.1, -0.05) is 37.3 Å². The van der Waals surface area contributed by atoms with Gasteiger partial charge in [0.05, 0.1) is 17.8 Å². The van der Waals surface area contributed by atoms with E-state index in [1.54, 1.807) is 24.3 Å². The van der Waals surface area contributed by atoms with Crippen molar-refractivity contribution in [2.24, 2.45) is 5.92 Å². The van der Waals surface area contributed by atoms with E-state index in [4.69, 9.17) is 6.42 Å². The third-order valence-corrected chi connectivity index (χ3v) is 4.00. The van der Waals surface area contributed by atoms with Crippen LogP contribution in [0.15, 0.2) is 24.3 Å². The SMILES string of the molecule is C#CCNC(=O)c1ccccc1NC(=O)CC1CCCCC1. The van der Waals surface area contributed by atoms with Gasteiger partial charge in [0.2, 0.25) is 5.91 Å². The highest BCUT2D eigenvalue weighted by atomic mass is 16.2. The molecule has 0 saturated heterocycles. The normalized spacial score (nSPS) is 14.9. The molecule has 4 heteroatoms. The predicted molar refractivity (Wildman–Crippen MR) is 87.4 cm³/mol. The molecule has 116 valence electrons. The molecule has 0 aromatic heterocycles. The van der Waals surface area contributed by atoms with Crippen LogP contribution in [0.3, 0.4) is 0 Å². The molecule has 0 unspecified atom stereocenters. The highest BCUT2D eigenvalue weighted by Crippen LogP contribution is 2.27. The first kappa shape index (κ1) is 16.1. The largest absolute Gasteiger partial charge is 0.341 e. The van der Waals surface area contributed by atoms with Crippen molar-refractivity contribution in [1.82, 2.24) is 5.32 Å². The average molecular weight is 298 g/mol. The molecular formula is C18H22N2O2. The summed E-state index contributed by atoms with van der Waals surface area (Å²) in [6, 6.07) is 6.99. The van der Waals surface area contributed by atoms with Gasteiger partial charge in [-0.15, -0.1) is 6.42 Å². The zero-order valence-electron chi connectivity index (χ0n) is 12.7. The zero-order valence-corrected chi connectivity index (χ0v) is 12.7. The molecule has 22 heavy (non-hydrogen) atoms. The van der Waals surface area contributed by atoms with Crippen molar-refractivity contribution in [3.8, 4) is 12.3 Å². The molecule has 0 spiro atoms. The minimum Gasteiger partial charge on any atom is -0.341 e. The van der Waals surface area contributed by atoms with Gasteiger partial charge in [-0.05, 0) is 30.9 Å². The number of hydrogen-bond acceptors (Lipinski definition) is 2. The Bertz CT molecular complexity index is 569. The number of nitrogens with one attached hydrogen (secondary N) is 2. The van der Waals surface area contributed by atoms with E-state index < -0.39 is 0 Å². The molecule has 2 rings (SSSR count). The molecule has 2 N–H and O–H groups in total. The maximum Gasteiger partial charge on any atom is 0.254 e. The second-order valence-corrected chi connectivity index (χ2v) is 5.69. The first-order valence-electron chi connectivity index (χ1n) is 7.81. The van der Waals surface area contributed by atoms with Crippen molar-refractivity contribution in [3.63, 3.8) is 0 Å². The Morgan fingerprint density at radius 2 is 1.91 bits per heavy atom. The molecule has 0 heterocycles. The van der Waals surface area contributed by atoms with Gasteiger partial charge in [-0.25, -0.2) is 0 Å². The minimum absolute atomic E-state index is 0.0240. The lowest BCUT2D eigenvalue weighted by Crippen LogP contribution is -2.26. The summed E-state index contributed by atoms with van der Waals surface area (Å²) in [5.74, 6) is 2.54. The Labute approximate surface area is 131 Å². The van der Waals surface area contributed by atoms with Crippen LogP contribution in [0.25, 0.3) is 0 Å². The molecular weight excluding hydrogens is 276 g/mol. The summed E-state index contributed by atoms with van der Waals surface area (Å²) in [5.41, 5.74) is 0.979. The molecule has 4 nitrogen and oxygen atoms in total. The third-order valence-electron chi connectivity index (χ3n) is 4.00. The quantitative estimate of drug-likeness (QED) is 0.821. The van der Waals surface area contributed by atoms with Gasteiger partial charge in [-0.3, -0.25) is 9.59 Å². The van der Waals surface area contributed by atoms with Crippen LogP contribution >= 0.6 is 0 Å². The first-order valence-corrected chi connectivity index (χ1v) is 7.81. The van der Waals surface area contributed by atoms with Crippen molar-refractivity contribution in [2.75, 3.05) is 11.9 Å². The number of para-hydroxylation sites is 1. The van der Waals surface area contributed by atoms with Gasteiger partial charge >= 0.3 is 0 Å². The van der Waals surface area contributed by atoms with E-state index >= 15 is 0 Å². The molecule has 1 aliphatic carbocycles. The van der Waals surface area contributed by atoms with Crippen LogP contribution < -0.4 is 10.6 Å². The highest BCUT2D eigenvalue weighted by Gasteiger charge is 2.18. The molecule has 0 bridgehead atoms. The lowest BCUT2D eigenvalue weighted by atomic mass is 9.87. The van der Waals surface area contributed by atoms with Gasteiger partial charge in [0, 0.05) is 6.42 Å². The zero-order chi connectivity index (χ0) is 15.8. The van der Waals surface area contributed by atoms with Crippen molar-refractivity contribution in [3.05, 3.63) is 29.8 Å². The Morgan fingerprint density at radius 1 is 1.18 bits per heavy atom. The standard InChI is InChI=1S/C18H22N2O2/c1-2-12-19-18(22)15-10-6-7-11-16(15)20-17(21)13-14-8-4-3-5-9-14/h1,6-7,10-11,14H,3-5,8-9,12-13H2,(H,19,22)(H,20,21). The van der Waals surface area contributed by atoms with E-state index in [2.05, 4.69) is 16.6 Å². The fourth-order valence-electron chi connectivity index (χ4n) is 2.87. The summed E-state index contributed by atoms with van der Waals surface area (Å²) < 4.78 is 0. The molecule has 0 atom stereocenters. The van der Waals surface area contributed by atoms with Crippen molar-refractivity contribution in [1.29, 1.82) is 0 Å². The van der Waals surface area contributed by atoms with Crippen LogP contribution in [0.4, 0.5) is 5.69 Å². The summed E-state index contributed by atoms with van der Waals surface area (Å²) in [5, 5.41) is 5.48. The number of rotatable bonds is 5. The molecule has 1 fully saturated rings. The molecule has 1 aromatic carbocycles. The Morgan fingerprint density at radius 3 is 2.64 bits per heavy atom. The number of benzene rings is 1. The number of amides is 2. The van der Waals surface area contributed by atoms with Crippen LogP contribution in [-0.4, -0.2) is 18.4 Å². The molecule has 0 aliphatic heterocycles. The number of hydrogen-bond donors (Lipinski definition) is 2. The van der Waals surface area contributed by atoms with Gasteiger partial charge < -0.3 is 10.6 Å². The van der Waals surface area contributed by atoms with Gasteiger partial charge in [0.25, 0.3) is 5.91 Å². The van der Waals surface area contributed by atoms with Gasteiger partial charge in [0.15, 0.2) is 0 Å². The van der Waals surface area contributed by atoms with Crippen molar-refractivity contribution >= 4 is 17.5 Å². The first-order chi connectivity index (χ1) is 10.7. The van der Waals surface area contributed by atoms with Crippen molar-refractivity contribution < 1.29 is 9.59 Å². The Balaban J connectivity index is 1.98. The monoisotopic (exact) mass is 298 g/mol. The van der Waals surface area contributed by atoms with Gasteiger partial charge in [0.1, 0.15) is 0 Å². The number of carbonyl (C=O) groups excluding carboxylic acids is 2. The minimum atomic E-state index is -0.272. The van der Waals surface area contributed by atoms with E-state index in [-0.39, 0.29) is 18.4 Å². The fourth-order valence-corrected chi connectivity index (χ4v) is 2.87. The van der Waals surface area contributed by atoms with E-state index in [1.807, 2.05) is 0 Å². The van der Waals surface area contributed by atoms with E-state index in [0.717, 1.165) is 12.8 Å². The Kier molecular flexibility index (Phi) is 6.02. The molecule has 1 aliphatic rings. The second-order valence-electron chi connectivity index (χ2n) is 5.69. The van der Waals surface area contributed by atoms with E-state index in [0.29, 0.717) is 23.6 Å². The molecule has 2 amide bonds. The third kappa shape index (κ3) is 4.63. The number of anilines is 1. The summed E-state index contributed by atoms with van der Waals surface area (Å²) in [6.07, 6.45) is 11.6. The van der Waals surface area contributed by atoms with E-state index in [9.17, 15) is 9.59 Å². The summed E-state index contributed by atoms with van der Waals surface area (Å²) >= 11 is 0. The summed E-state index contributed by atoms with van der Waals surface area (Å²) in [6.45, 7) is 0.170. The number of terminal acetylenes is 1. The molecule has 1 saturated carbocycles. The lowest BCUT2D eigenvalue weighted by molar-refractivity contribution is -0.117.